The summed E-state index contributed by atoms with van der Waals surface area (Å²) in [5.74, 6) is 0. The maximum absolute atomic E-state index is 10.7. The van der Waals surface area contributed by atoms with Crippen LogP contribution >= 0.6 is 15.2 Å². The van der Waals surface area contributed by atoms with Crippen molar-refractivity contribution in [1.82, 2.24) is 17.2 Å². The van der Waals surface area contributed by atoms with E-state index in [1.54, 1.807) is 0 Å². The number of nitrogens with zero attached hydrogens (tertiary/aromatic N) is 1. The lowest BCUT2D eigenvalue weighted by Gasteiger charge is -2.22. The largest absolute Gasteiger partial charge is 0.344 e. The van der Waals surface area contributed by atoms with E-state index >= 15 is 0 Å². The third-order valence-corrected chi connectivity index (χ3v) is 3.13. The van der Waals surface area contributed by atoms with Crippen molar-refractivity contribution >= 4 is 15.2 Å². The molecule has 0 fully saturated rings. The van der Waals surface area contributed by atoms with Gasteiger partial charge in [0.1, 0.15) is 12.6 Å². The summed E-state index contributed by atoms with van der Waals surface area (Å²) < 4.78 is 21.4. The molecular weight excluding hydrogens is 272 g/mol. The molecule has 9 nitrogen and oxygen atoms in total. The van der Waals surface area contributed by atoms with Crippen molar-refractivity contribution in [3.8, 4) is 0 Å². The fourth-order valence-corrected chi connectivity index (χ4v) is 2.77. The Morgan fingerprint density at radius 3 is 1.53 bits per heavy atom. The van der Waals surface area contributed by atoms with Crippen LogP contribution in [-0.4, -0.2) is 43.6 Å². The summed E-state index contributed by atoms with van der Waals surface area (Å²) in [5.41, 5.74) is 0. The van der Waals surface area contributed by atoms with Gasteiger partial charge in [-0.2, -0.15) is 0 Å². The molecule has 0 bridgehead atoms. The molecule has 0 aromatic carbocycles. The van der Waals surface area contributed by atoms with Gasteiger partial charge in [-0.3, -0.25) is 14.0 Å². The van der Waals surface area contributed by atoms with Crippen LogP contribution in [0.4, 0.5) is 0 Å². The lowest BCUT2D eigenvalue weighted by atomic mass is 10.3. The third kappa shape index (κ3) is 16.2. The minimum Gasteiger partial charge on any atom is -0.344 e. The molecule has 0 radical (unpaired) electrons. The molecule has 0 rings (SSSR count). The smallest absolute Gasteiger partial charge is 0.339 e. The van der Waals surface area contributed by atoms with Gasteiger partial charge in [-0.05, 0) is 13.0 Å². The minimum atomic E-state index is -4.27. The van der Waals surface area contributed by atoms with Crippen molar-refractivity contribution in [2.24, 2.45) is 0 Å². The van der Waals surface area contributed by atoms with Crippen molar-refractivity contribution in [2.75, 3.05) is 19.1 Å². The van der Waals surface area contributed by atoms with Gasteiger partial charge in [0.05, 0.1) is 0 Å². The highest BCUT2D eigenvalue weighted by Crippen LogP contribution is 2.40. The molecule has 0 aromatic rings. The van der Waals surface area contributed by atoms with E-state index in [2.05, 4.69) is 0 Å². The van der Waals surface area contributed by atoms with Gasteiger partial charge in [0.2, 0.25) is 0 Å². The van der Waals surface area contributed by atoms with Gasteiger partial charge in [-0.15, -0.1) is 0 Å². The Labute approximate surface area is 101 Å². The quantitative estimate of drug-likeness (QED) is 0.367. The summed E-state index contributed by atoms with van der Waals surface area (Å²) in [6.45, 7) is 2.15. The van der Waals surface area contributed by atoms with Gasteiger partial charge in [0, 0.05) is 0 Å². The van der Waals surface area contributed by atoms with Crippen LogP contribution in [0, 0.1) is 0 Å². The van der Waals surface area contributed by atoms with Crippen LogP contribution in [0.1, 0.15) is 19.8 Å². The molecule has 0 aliphatic carbocycles. The lowest BCUT2D eigenvalue weighted by molar-refractivity contribution is 0.275. The maximum Gasteiger partial charge on any atom is 0.339 e. The van der Waals surface area contributed by atoms with Gasteiger partial charge in [-0.25, -0.2) is 0 Å². The van der Waals surface area contributed by atoms with Gasteiger partial charge >= 0.3 is 15.2 Å². The SMILES string of the molecule is CCCCN(CP(=O)(O)O)CP(=O)(O)O.N.N. The molecule has 10 N–H and O–H groups in total. The molecule has 0 aliphatic rings. The van der Waals surface area contributed by atoms with Crippen LogP contribution in [0.3, 0.4) is 0 Å². The molecular formula is C6H23N3O6P2. The van der Waals surface area contributed by atoms with E-state index < -0.39 is 27.8 Å². The van der Waals surface area contributed by atoms with Crippen molar-refractivity contribution in [2.45, 2.75) is 19.8 Å². The molecule has 0 spiro atoms. The highest BCUT2D eigenvalue weighted by atomic mass is 31.2. The van der Waals surface area contributed by atoms with Crippen LogP contribution in [0.2, 0.25) is 0 Å². The molecule has 0 saturated heterocycles. The fraction of sp³-hybridized carbons (Fsp3) is 1.00. The van der Waals surface area contributed by atoms with E-state index in [9.17, 15) is 9.13 Å². The predicted molar refractivity (Wildman–Crippen MR) is 65.5 cm³/mol. The van der Waals surface area contributed by atoms with Crippen molar-refractivity contribution in [1.29, 1.82) is 0 Å². The van der Waals surface area contributed by atoms with Gasteiger partial charge in [0.15, 0.2) is 0 Å². The lowest BCUT2D eigenvalue weighted by Crippen LogP contribution is -2.27. The number of hydrogen-bond acceptors (Lipinski definition) is 5. The average molecular weight is 295 g/mol. The molecule has 11 heteroatoms. The molecule has 0 atom stereocenters. The fourth-order valence-electron chi connectivity index (χ4n) is 1.09. The van der Waals surface area contributed by atoms with E-state index in [0.717, 1.165) is 11.3 Å². The first-order chi connectivity index (χ1) is 6.64. The summed E-state index contributed by atoms with van der Waals surface area (Å²) in [7, 11) is -8.53. The van der Waals surface area contributed by atoms with Crippen molar-refractivity contribution < 1.29 is 28.7 Å². The van der Waals surface area contributed by atoms with Crippen molar-refractivity contribution in [3.63, 3.8) is 0 Å². The second kappa shape index (κ2) is 9.16. The Morgan fingerprint density at radius 2 is 1.29 bits per heavy atom. The standard InChI is InChI=1S/C6H17NO6P2.2H3N/c1-2-3-4-7(5-14(8,9)10)6-15(11,12)13;;/h2-6H2,1H3,(H2,8,9,10)(H2,11,12,13);2*1H3. The number of rotatable bonds is 7. The van der Waals surface area contributed by atoms with E-state index in [1.807, 2.05) is 6.92 Å². The van der Waals surface area contributed by atoms with Crippen LogP contribution in [0.5, 0.6) is 0 Å². The molecule has 108 valence electrons. The number of hydrogen-bond donors (Lipinski definition) is 6. The molecule has 0 heterocycles. The van der Waals surface area contributed by atoms with Crippen LogP contribution < -0.4 is 12.3 Å². The summed E-state index contributed by atoms with van der Waals surface area (Å²) in [5, 5.41) is 0. The number of unbranched alkanes of at least 4 members (excludes halogenated alkanes) is 1. The first-order valence-corrected chi connectivity index (χ1v) is 8.05. The Balaban J connectivity index is -0.000000980. The van der Waals surface area contributed by atoms with Crippen LogP contribution in [0.25, 0.3) is 0 Å². The normalized spacial score (nSPS) is 11.9. The van der Waals surface area contributed by atoms with Gasteiger partial charge < -0.3 is 31.9 Å². The maximum atomic E-state index is 10.7. The molecule has 17 heavy (non-hydrogen) atoms. The Hall–Kier alpha value is 0.180. The summed E-state index contributed by atoms with van der Waals surface area (Å²) in [6.07, 6.45) is 0.203. The van der Waals surface area contributed by atoms with Crippen LogP contribution in [-0.2, 0) is 9.13 Å². The highest BCUT2D eigenvalue weighted by Gasteiger charge is 2.24. The van der Waals surface area contributed by atoms with E-state index in [0.29, 0.717) is 6.42 Å². The zero-order chi connectivity index (χ0) is 12.1. The Morgan fingerprint density at radius 1 is 0.941 bits per heavy atom. The van der Waals surface area contributed by atoms with E-state index in [4.69, 9.17) is 19.6 Å². The van der Waals surface area contributed by atoms with Gasteiger partial charge in [-0.1, -0.05) is 13.3 Å². The minimum absolute atomic E-state index is 0. The molecule has 0 amide bonds. The Bertz CT molecular complexity index is 253. The summed E-state index contributed by atoms with van der Waals surface area (Å²) >= 11 is 0. The molecule has 0 aliphatic heterocycles. The third-order valence-electron chi connectivity index (χ3n) is 1.60. The Kier molecular flexibility index (Phi) is 12.0. The average Bonchev–Trinajstić information content (AvgIpc) is 1.94. The van der Waals surface area contributed by atoms with E-state index in [-0.39, 0.29) is 18.8 Å². The molecule has 0 saturated carbocycles. The second-order valence-electron chi connectivity index (χ2n) is 3.36. The van der Waals surface area contributed by atoms with Crippen LogP contribution in [0.15, 0.2) is 0 Å². The van der Waals surface area contributed by atoms with Crippen molar-refractivity contribution in [3.05, 3.63) is 0 Å². The zero-order valence-electron chi connectivity index (χ0n) is 9.90. The first-order valence-electron chi connectivity index (χ1n) is 4.45. The monoisotopic (exact) mass is 295 g/mol. The zero-order valence-corrected chi connectivity index (χ0v) is 11.7. The summed E-state index contributed by atoms with van der Waals surface area (Å²) in [4.78, 5) is 35.9. The highest BCUT2D eigenvalue weighted by molar-refractivity contribution is 7.52. The second-order valence-corrected chi connectivity index (χ2v) is 6.58. The predicted octanol–water partition coefficient (Wildman–Crippen LogP) is 0.683. The van der Waals surface area contributed by atoms with E-state index in [1.165, 1.54) is 0 Å². The topological polar surface area (TPSA) is 188 Å². The first kappa shape index (κ1) is 22.4. The van der Waals surface area contributed by atoms with Gasteiger partial charge in [0.25, 0.3) is 0 Å². The summed E-state index contributed by atoms with van der Waals surface area (Å²) in [6, 6.07) is 0. The molecule has 0 aromatic heterocycles. The molecule has 0 unspecified atom stereocenters.